The van der Waals surface area contributed by atoms with E-state index in [1.54, 1.807) is 43.5 Å². The second-order valence-electron chi connectivity index (χ2n) is 9.27. The average molecular weight is 513 g/mol. The van der Waals surface area contributed by atoms with Crippen LogP contribution in [0.25, 0.3) is 0 Å². The van der Waals surface area contributed by atoms with Crippen LogP contribution in [0.15, 0.2) is 66.7 Å². The van der Waals surface area contributed by atoms with Crippen LogP contribution in [0.3, 0.4) is 0 Å². The fraction of sp³-hybridized carbons (Fsp3) is 0.276. The number of nitrogens with zero attached hydrogens (tertiary/aromatic N) is 3. The SMILES string of the molecule is COc1ccccc1N1CCN(c2ccc(NC(=O)Nc3ccc(C#N)cc3)cc2C(=O)NC(C)C)CC1. The number of anilines is 4. The molecule has 1 heterocycles. The summed E-state index contributed by atoms with van der Waals surface area (Å²) in [5.41, 5.74) is 3.95. The van der Waals surface area contributed by atoms with Gasteiger partial charge in [0, 0.05) is 49.3 Å². The summed E-state index contributed by atoms with van der Waals surface area (Å²) < 4.78 is 5.53. The molecule has 1 aliphatic heterocycles. The number of hydrogen-bond acceptors (Lipinski definition) is 6. The molecule has 0 aromatic heterocycles. The minimum atomic E-state index is -0.442. The van der Waals surface area contributed by atoms with E-state index in [1.165, 1.54) is 0 Å². The number of piperazine rings is 1. The maximum Gasteiger partial charge on any atom is 0.323 e. The Bertz CT molecular complexity index is 1320. The smallest absolute Gasteiger partial charge is 0.323 e. The number of para-hydroxylation sites is 2. The quantitative estimate of drug-likeness (QED) is 0.424. The zero-order valence-electron chi connectivity index (χ0n) is 21.8. The lowest BCUT2D eigenvalue weighted by molar-refractivity contribution is 0.0943. The van der Waals surface area contributed by atoms with Gasteiger partial charge in [0.25, 0.3) is 5.91 Å². The molecule has 1 aliphatic rings. The molecule has 9 heteroatoms. The molecule has 4 rings (SSSR count). The summed E-state index contributed by atoms with van der Waals surface area (Å²) in [5.74, 6) is 0.644. The third kappa shape index (κ3) is 6.34. The van der Waals surface area contributed by atoms with Crippen LogP contribution in [0, 0.1) is 11.3 Å². The van der Waals surface area contributed by atoms with Crippen molar-refractivity contribution in [3.8, 4) is 11.8 Å². The number of carbonyl (C=O) groups excluding carboxylic acids is 2. The predicted molar refractivity (Wildman–Crippen MR) is 150 cm³/mol. The van der Waals surface area contributed by atoms with Crippen molar-refractivity contribution >= 4 is 34.7 Å². The van der Waals surface area contributed by atoms with E-state index in [0.29, 0.717) is 22.5 Å². The molecular weight excluding hydrogens is 480 g/mol. The normalized spacial score (nSPS) is 13.0. The van der Waals surface area contributed by atoms with Crippen molar-refractivity contribution < 1.29 is 14.3 Å². The van der Waals surface area contributed by atoms with Crippen molar-refractivity contribution in [1.29, 1.82) is 5.26 Å². The maximum atomic E-state index is 13.2. The van der Waals surface area contributed by atoms with Crippen LogP contribution in [-0.4, -0.2) is 51.3 Å². The van der Waals surface area contributed by atoms with Gasteiger partial charge in [-0.1, -0.05) is 12.1 Å². The van der Waals surface area contributed by atoms with Gasteiger partial charge in [-0.3, -0.25) is 4.79 Å². The van der Waals surface area contributed by atoms with E-state index in [1.807, 2.05) is 44.2 Å². The summed E-state index contributed by atoms with van der Waals surface area (Å²) in [6.45, 7) is 6.84. The highest BCUT2D eigenvalue weighted by Gasteiger charge is 2.24. The van der Waals surface area contributed by atoms with E-state index in [4.69, 9.17) is 10.00 Å². The first-order chi connectivity index (χ1) is 18.4. The molecule has 0 aliphatic carbocycles. The van der Waals surface area contributed by atoms with Gasteiger partial charge in [-0.15, -0.1) is 0 Å². The molecule has 0 spiro atoms. The Balaban J connectivity index is 1.50. The zero-order chi connectivity index (χ0) is 27.1. The number of benzene rings is 3. The van der Waals surface area contributed by atoms with Crippen LogP contribution in [0.1, 0.15) is 29.8 Å². The van der Waals surface area contributed by atoms with Gasteiger partial charge in [0.05, 0.1) is 30.0 Å². The Morgan fingerprint density at radius 2 is 1.47 bits per heavy atom. The Labute approximate surface area is 223 Å². The van der Waals surface area contributed by atoms with Crippen molar-refractivity contribution in [1.82, 2.24) is 5.32 Å². The largest absolute Gasteiger partial charge is 0.495 e. The van der Waals surface area contributed by atoms with Crippen molar-refractivity contribution in [3.05, 3.63) is 77.9 Å². The van der Waals surface area contributed by atoms with E-state index in [2.05, 4.69) is 31.8 Å². The number of rotatable bonds is 7. The molecule has 0 saturated carbocycles. The van der Waals surface area contributed by atoms with Gasteiger partial charge in [-0.2, -0.15) is 5.26 Å². The lowest BCUT2D eigenvalue weighted by Crippen LogP contribution is -2.47. The fourth-order valence-electron chi connectivity index (χ4n) is 4.41. The summed E-state index contributed by atoms with van der Waals surface area (Å²) in [4.78, 5) is 30.2. The second kappa shape index (κ2) is 12.0. The second-order valence-corrected chi connectivity index (χ2v) is 9.27. The van der Waals surface area contributed by atoms with Gasteiger partial charge >= 0.3 is 6.03 Å². The number of carbonyl (C=O) groups is 2. The molecule has 196 valence electrons. The average Bonchev–Trinajstić information content (AvgIpc) is 2.93. The highest BCUT2D eigenvalue weighted by molar-refractivity contribution is 6.04. The standard InChI is InChI=1S/C29H32N6O3/c1-20(2)31-28(36)24-18-23(33-29(37)32-22-10-8-21(19-30)9-11-22)12-13-25(24)34-14-16-35(17-15-34)26-6-4-5-7-27(26)38-3/h4-13,18,20H,14-17H2,1-3H3,(H,31,36)(H2,32,33,37). The minimum absolute atomic E-state index is 0.0333. The van der Waals surface area contributed by atoms with Gasteiger partial charge in [-0.25, -0.2) is 4.79 Å². The summed E-state index contributed by atoms with van der Waals surface area (Å²) >= 11 is 0. The van der Waals surface area contributed by atoms with Crippen LogP contribution in [0.4, 0.5) is 27.5 Å². The number of nitriles is 1. The summed E-state index contributed by atoms with van der Waals surface area (Å²) in [6, 6.07) is 21.5. The number of hydrogen-bond donors (Lipinski definition) is 3. The van der Waals surface area contributed by atoms with Gasteiger partial charge in [0.1, 0.15) is 5.75 Å². The zero-order valence-corrected chi connectivity index (χ0v) is 21.8. The van der Waals surface area contributed by atoms with E-state index in [9.17, 15) is 9.59 Å². The summed E-state index contributed by atoms with van der Waals surface area (Å²) in [6.07, 6.45) is 0. The predicted octanol–water partition coefficient (Wildman–Crippen LogP) is 4.68. The molecule has 3 aromatic rings. The molecule has 3 aromatic carbocycles. The number of ether oxygens (including phenoxy) is 1. The molecule has 0 bridgehead atoms. The van der Waals surface area contributed by atoms with Crippen LogP contribution < -0.4 is 30.5 Å². The van der Waals surface area contributed by atoms with E-state index in [0.717, 1.165) is 43.3 Å². The van der Waals surface area contributed by atoms with E-state index < -0.39 is 6.03 Å². The molecule has 1 saturated heterocycles. The molecule has 3 amide bonds. The maximum absolute atomic E-state index is 13.2. The summed E-state index contributed by atoms with van der Waals surface area (Å²) in [7, 11) is 1.68. The first-order valence-corrected chi connectivity index (χ1v) is 12.5. The lowest BCUT2D eigenvalue weighted by atomic mass is 10.1. The Morgan fingerprint density at radius 3 is 2.11 bits per heavy atom. The highest BCUT2D eigenvalue weighted by Crippen LogP contribution is 2.31. The third-order valence-electron chi connectivity index (χ3n) is 6.24. The van der Waals surface area contributed by atoms with Crippen LogP contribution in [-0.2, 0) is 0 Å². The van der Waals surface area contributed by atoms with Gasteiger partial charge in [0.15, 0.2) is 0 Å². The van der Waals surface area contributed by atoms with Crippen molar-refractivity contribution in [2.45, 2.75) is 19.9 Å². The lowest BCUT2D eigenvalue weighted by Gasteiger charge is -2.38. The molecule has 3 N–H and O–H groups in total. The van der Waals surface area contributed by atoms with Crippen molar-refractivity contribution in [2.75, 3.05) is 53.7 Å². The molecule has 9 nitrogen and oxygen atoms in total. The summed E-state index contributed by atoms with van der Waals surface area (Å²) in [5, 5.41) is 17.5. The Hall–Kier alpha value is -4.71. The molecule has 0 atom stereocenters. The molecule has 0 radical (unpaired) electrons. The molecular formula is C29H32N6O3. The third-order valence-corrected chi connectivity index (χ3v) is 6.24. The van der Waals surface area contributed by atoms with Gasteiger partial charge in [-0.05, 0) is 68.4 Å². The number of nitrogens with one attached hydrogen (secondary N) is 3. The van der Waals surface area contributed by atoms with Crippen LogP contribution in [0.2, 0.25) is 0 Å². The van der Waals surface area contributed by atoms with Crippen LogP contribution in [0.5, 0.6) is 5.75 Å². The topological polar surface area (TPSA) is 110 Å². The number of amides is 3. The van der Waals surface area contributed by atoms with Crippen LogP contribution >= 0.6 is 0 Å². The van der Waals surface area contributed by atoms with Gasteiger partial charge in [0.2, 0.25) is 0 Å². The minimum Gasteiger partial charge on any atom is -0.495 e. The highest BCUT2D eigenvalue weighted by atomic mass is 16.5. The Morgan fingerprint density at radius 1 is 0.868 bits per heavy atom. The first kappa shape index (κ1) is 26.4. The van der Waals surface area contributed by atoms with Gasteiger partial charge < -0.3 is 30.5 Å². The molecule has 38 heavy (non-hydrogen) atoms. The Kier molecular flexibility index (Phi) is 8.34. The van der Waals surface area contributed by atoms with E-state index >= 15 is 0 Å². The van der Waals surface area contributed by atoms with E-state index in [-0.39, 0.29) is 11.9 Å². The fourth-order valence-corrected chi connectivity index (χ4v) is 4.41. The molecule has 0 unspecified atom stereocenters. The monoisotopic (exact) mass is 512 g/mol. The number of urea groups is 1. The molecule has 1 fully saturated rings. The first-order valence-electron chi connectivity index (χ1n) is 12.5. The number of methoxy groups -OCH3 is 1. The van der Waals surface area contributed by atoms with Crippen molar-refractivity contribution in [3.63, 3.8) is 0 Å². The van der Waals surface area contributed by atoms with Crippen molar-refractivity contribution in [2.24, 2.45) is 0 Å².